The molecular weight excluding hydrogens is 821 g/mol. The molecule has 2 nitrogen and oxygen atoms in total. The first-order valence-corrected chi connectivity index (χ1v) is 24.5. The number of rotatable bonds is 8. The Morgan fingerprint density at radius 2 is 0.794 bits per heavy atom. The quantitative estimate of drug-likeness (QED) is 0.140. The van der Waals surface area contributed by atoms with Crippen molar-refractivity contribution < 1.29 is 0 Å². The molecule has 0 saturated carbocycles. The average Bonchev–Trinajstić information content (AvgIpc) is 3.83. The number of allylic oxidation sites excluding steroid dienone is 4. The highest BCUT2D eigenvalue weighted by molar-refractivity contribution is 5.91. The Kier molecular flexibility index (Phi) is 9.61. The highest BCUT2D eigenvalue weighted by Crippen LogP contribution is 2.55. The van der Waals surface area contributed by atoms with E-state index in [0.29, 0.717) is 0 Å². The van der Waals surface area contributed by atoms with Gasteiger partial charge in [0.2, 0.25) is 0 Å². The summed E-state index contributed by atoms with van der Waals surface area (Å²) >= 11 is 0. The summed E-state index contributed by atoms with van der Waals surface area (Å²) in [5.74, 6) is 0. The van der Waals surface area contributed by atoms with Crippen molar-refractivity contribution in [3.63, 3.8) is 0 Å². The number of hydrogen-bond acceptors (Lipinski definition) is 2. The molecule has 0 amide bonds. The predicted molar refractivity (Wildman–Crippen MR) is 289 cm³/mol. The fourth-order valence-electron chi connectivity index (χ4n) is 12.1. The monoisotopic (exact) mass is 878 g/mol. The van der Waals surface area contributed by atoms with Crippen molar-refractivity contribution in [2.24, 2.45) is 0 Å². The molecule has 0 radical (unpaired) electrons. The summed E-state index contributed by atoms with van der Waals surface area (Å²) in [4.78, 5) is 4.84. The van der Waals surface area contributed by atoms with Crippen molar-refractivity contribution in [1.82, 2.24) is 0 Å². The second-order valence-corrected chi connectivity index (χ2v) is 21.0. The first-order valence-electron chi connectivity index (χ1n) is 24.5. The molecule has 8 aromatic rings. The molecule has 8 aromatic carbocycles. The van der Waals surface area contributed by atoms with Crippen LogP contribution in [0.2, 0.25) is 0 Å². The minimum atomic E-state index is -0.184. The number of aryl methyl sites for hydroxylation is 1. The van der Waals surface area contributed by atoms with E-state index >= 15 is 0 Å². The molecule has 2 heteroatoms. The van der Waals surface area contributed by atoms with Crippen LogP contribution in [0.3, 0.4) is 0 Å². The molecule has 0 heterocycles. The molecule has 0 bridgehead atoms. The number of hydrogen-bond donors (Lipinski definition) is 0. The normalized spacial score (nSPS) is 16.2. The lowest BCUT2D eigenvalue weighted by molar-refractivity contribution is 0.607. The molecule has 68 heavy (non-hydrogen) atoms. The van der Waals surface area contributed by atoms with Crippen LogP contribution in [-0.4, -0.2) is 0 Å². The Morgan fingerprint density at radius 3 is 1.29 bits per heavy atom. The zero-order valence-electron chi connectivity index (χ0n) is 40.4. The molecule has 0 aromatic heterocycles. The van der Waals surface area contributed by atoms with Crippen LogP contribution in [0.25, 0.3) is 40.0 Å². The maximum Gasteiger partial charge on any atom is 0.0465 e. The van der Waals surface area contributed by atoms with E-state index in [9.17, 15) is 0 Å². The summed E-state index contributed by atoms with van der Waals surface area (Å²) in [6.07, 6.45) is 11.6. The fourth-order valence-corrected chi connectivity index (χ4v) is 12.1. The van der Waals surface area contributed by atoms with Gasteiger partial charge in [0.25, 0.3) is 0 Å². The van der Waals surface area contributed by atoms with Crippen LogP contribution in [0.4, 0.5) is 34.1 Å². The summed E-state index contributed by atoms with van der Waals surface area (Å²) in [7, 11) is 0. The number of fused-ring (bicyclic) bond motifs is 8. The molecule has 332 valence electrons. The lowest BCUT2D eigenvalue weighted by atomic mass is 9.78. The number of para-hydroxylation sites is 2. The van der Waals surface area contributed by atoms with Gasteiger partial charge in [-0.2, -0.15) is 0 Å². The zero-order chi connectivity index (χ0) is 46.5. The second kappa shape index (κ2) is 15.6. The third-order valence-corrected chi connectivity index (χ3v) is 15.8. The van der Waals surface area contributed by atoms with E-state index in [1.165, 1.54) is 101 Å². The Balaban J connectivity index is 0.844. The molecule has 0 unspecified atom stereocenters. The van der Waals surface area contributed by atoms with Gasteiger partial charge in [-0.05, 0) is 170 Å². The van der Waals surface area contributed by atoms with E-state index in [4.69, 9.17) is 0 Å². The molecule has 0 spiro atoms. The van der Waals surface area contributed by atoms with Crippen LogP contribution < -0.4 is 9.80 Å². The summed E-state index contributed by atoms with van der Waals surface area (Å²) in [6.45, 7) is 16.6. The molecule has 4 aliphatic rings. The van der Waals surface area contributed by atoms with Gasteiger partial charge in [0, 0.05) is 50.4 Å². The van der Waals surface area contributed by atoms with Gasteiger partial charge >= 0.3 is 0 Å². The van der Waals surface area contributed by atoms with E-state index in [1.54, 1.807) is 5.57 Å². The Labute approximate surface area is 403 Å². The highest BCUT2D eigenvalue weighted by atomic mass is 15.1. The van der Waals surface area contributed by atoms with Gasteiger partial charge in [-0.3, -0.25) is 0 Å². The topological polar surface area (TPSA) is 6.48 Å². The van der Waals surface area contributed by atoms with E-state index in [0.717, 1.165) is 24.2 Å². The summed E-state index contributed by atoms with van der Waals surface area (Å²) < 4.78 is 0. The average molecular weight is 879 g/mol. The maximum atomic E-state index is 2.48. The second-order valence-electron chi connectivity index (χ2n) is 21.0. The molecular formula is C66H58N2. The molecule has 12 rings (SSSR count). The fraction of sp³-hybridized carbons (Fsp3) is 0.182. The smallest absolute Gasteiger partial charge is 0.0465 e. The standard InChI is InChI=1S/C66H58N2/c1-43-17-16-22-48(37-43)68(50-30-34-55-52-23-14-15-24-58(52)64(2,3)61(55)41-50)51-31-36-57-54-33-28-45(39-60(54)66(6,7)63(57)42-51)26-25-44-27-32-53-56-35-29-49(40-62(56)65(4,5)59(53)38-44)67(46-18-10-8-11-19-46)47-20-12-9-13-21-47/h8-14,16-23,25-42H,15,24H2,1-7H3/b26-25+. The summed E-state index contributed by atoms with van der Waals surface area (Å²) in [6, 6.07) is 65.8. The summed E-state index contributed by atoms with van der Waals surface area (Å²) in [5, 5.41) is 0. The van der Waals surface area contributed by atoms with Crippen LogP contribution in [0.1, 0.15) is 104 Å². The van der Waals surface area contributed by atoms with Gasteiger partial charge in [-0.15, -0.1) is 0 Å². The third-order valence-electron chi connectivity index (χ3n) is 15.8. The van der Waals surface area contributed by atoms with Gasteiger partial charge in [-0.25, -0.2) is 0 Å². The molecule has 0 aliphatic heterocycles. The van der Waals surface area contributed by atoms with Gasteiger partial charge in [0.05, 0.1) is 0 Å². The minimum absolute atomic E-state index is 0.000289. The first kappa shape index (κ1) is 42.0. The van der Waals surface area contributed by atoms with Gasteiger partial charge in [-0.1, -0.05) is 175 Å². The van der Waals surface area contributed by atoms with Crippen molar-refractivity contribution >= 4 is 51.8 Å². The number of anilines is 6. The molecule has 0 fully saturated rings. The van der Waals surface area contributed by atoms with Gasteiger partial charge in [0.15, 0.2) is 0 Å². The first-order chi connectivity index (χ1) is 32.9. The lowest BCUT2D eigenvalue weighted by Gasteiger charge is -2.30. The Bertz CT molecular complexity index is 3390. The van der Waals surface area contributed by atoms with Crippen molar-refractivity contribution in [2.45, 2.75) is 77.6 Å². The zero-order valence-corrected chi connectivity index (χ0v) is 40.4. The molecule has 0 saturated heterocycles. The van der Waals surface area contributed by atoms with Gasteiger partial charge < -0.3 is 9.80 Å². The summed E-state index contributed by atoms with van der Waals surface area (Å²) in [5.41, 5.74) is 27.0. The molecule has 0 atom stereocenters. The van der Waals surface area contributed by atoms with E-state index in [2.05, 4.69) is 258 Å². The molecule has 4 aliphatic carbocycles. The molecule has 0 N–H and O–H groups in total. The third kappa shape index (κ3) is 6.60. The SMILES string of the molecule is Cc1cccc(N(c2ccc3c(c2)C(C)(C)C2=C3C=CCC2)c2ccc3c(c2)C(C)(C)c2cc(/C=C/c4ccc5c(c4)C(C)(C)c4cc(N(c6ccccc6)c6ccccc6)ccc4-5)ccc2-3)c1. The minimum Gasteiger partial charge on any atom is -0.310 e. The van der Waals surface area contributed by atoms with E-state index in [1.807, 2.05) is 0 Å². The van der Waals surface area contributed by atoms with Crippen LogP contribution in [0.15, 0.2) is 194 Å². The largest absolute Gasteiger partial charge is 0.310 e. The number of nitrogens with zero attached hydrogens (tertiary/aromatic N) is 2. The van der Waals surface area contributed by atoms with Crippen molar-refractivity contribution in [3.05, 3.63) is 244 Å². The van der Waals surface area contributed by atoms with Crippen molar-refractivity contribution in [3.8, 4) is 22.3 Å². The van der Waals surface area contributed by atoms with Crippen molar-refractivity contribution in [1.29, 1.82) is 0 Å². The lowest BCUT2D eigenvalue weighted by Crippen LogP contribution is -2.19. The van der Waals surface area contributed by atoms with Crippen LogP contribution in [-0.2, 0) is 16.2 Å². The van der Waals surface area contributed by atoms with Crippen LogP contribution in [0.5, 0.6) is 0 Å². The Hall–Kier alpha value is -7.42. The highest BCUT2D eigenvalue weighted by Gasteiger charge is 2.40. The van der Waals surface area contributed by atoms with Crippen LogP contribution in [0, 0.1) is 6.92 Å². The Morgan fingerprint density at radius 1 is 0.382 bits per heavy atom. The van der Waals surface area contributed by atoms with Gasteiger partial charge in [0.1, 0.15) is 0 Å². The van der Waals surface area contributed by atoms with E-state index in [-0.39, 0.29) is 16.2 Å². The van der Waals surface area contributed by atoms with Crippen LogP contribution >= 0.6 is 0 Å². The number of benzene rings is 8. The van der Waals surface area contributed by atoms with E-state index < -0.39 is 0 Å². The van der Waals surface area contributed by atoms with Crippen molar-refractivity contribution in [2.75, 3.05) is 9.80 Å². The maximum absolute atomic E-state index is 2.48. The predicted octanol–water partition coefficient (Wildman–Crippen LogP) is 18.1.